The zero-order valence-corrected chi connectivity index (χ0v) is 14.0. The lowest BCUT2D eigenvalue weighted by atomic mass is 9.97. The maximum absolute atomic E-state index is 12.4. The Hall–Kier alpha value is -2.14. The van der Waals surface area contributed by atoms with Gasteiger partial charge in [0, 0.05) is 13.1 Å². The van der Waals surface area contributed by atoms with Gasteiger partial charge in [0.1, 0.15) is 0 Å². The smallest absolute Gasteiger partial charge is 0.290 e. The molecule has 23 heavy (non-hydrogen) atoms. The molecule has 0 spiro atoms. The highest BCUT2D eigenvalue weighted by atomic mass is 16.3. The molecule has 0 saturated carbocycles. The Morgan fingerprint density at radius 2 is 1.83 bits per heavy atom. The van der Waals surface area contributed by atoms with E-state index in [0.717, 1.165) is 18.7 Å². The number of nitrogens with zero attached hydrogens (tertiary/aromatic N) is 2. The van der Waals surface area contributed by atoms with Gasteiger partial charge in [-0.1, -0.05) is 44.2 Å². The van der Waals surface area contributed by atoms with Crippen LogP contribution in [0.2, 0.25) is 0 Å². The quantitative estimate of drug-likeness (QED) is 0.838. The zero-order chi connectivity index (χ0) is 17.0. The van der Waals surface area contributed by atoms with Crippen LogP contribution in [0, 0.1) is 0 Å². The lowest BCUT2D eigenvalue weighted by Crippen LogP contribution is -2.38. The Morgan fingerprint density at radius 1 is 1.22 bits per heavy atom. The average molecular weight is 316 g/mol. The highest BCUT2D eigenvalue weighted by Gasteiger charge is 2.42. The molecule has 0 saturated heterocycles. The number of ketones is 1. The molecule has 0 radical (unpaired) electrons. The summed E-state index contributed by atoms with van der Waals surface area (Å²) in [4.78, 5) is 28.2. The molecular formula is C18H24N2O3. The van der Waals surface area contributed by atoms with E-state index in [1.165, 1.54) is 6.92 Å². The molecule has 0 bridgehead atoms. The fourth-order valence-corrected chi connectivity index (χ4v) is 3.01. The molecule has 0 aliphatic carbocycles. The summed E-state index contributed by atoms with van der Waals surface area (Å²) in [6.07, 6.45) is 0. The van der Waals surface area contributed by atoms with Crippen molar-refractivity contribution in [3.8, 4) is 0 Å². The minimum atomic E-state index is -0.503. The van der Waals surface area contributed by atoms with E-state index in [9.17, 15) is 14.7 Å². The van der Waals surface area contributed by atoms with Gasteiger partial charge in [0.2, 0.25) is 0 Å². The first-order valence-electron chi connectivity index (χ1n) is 8.03. The van der Waals surface area contributed by atoms with Crippen molar-refractivity contribution >= 4 is 11.7 Å². The number of amides is 1. The number of aliphatic hydroxyl groups is 1. The number of benzene rings is 1. The number of carbonyl (C=O) groups is 2. The first kappa shape index (κ1) is 17.2. The number of carbonyl (C=O) groups excluding carboxylic acids is 2. The lowest BCUT2D eigenvalue weighted by Gasteiger charge is -2.29. The van der Waals surface area contributed by atoms with Crippen LogP contribution in [0.1, 0.15) is 32.4 Å². The number of likely N-dealkylation sites (N-methyl/N-ethyl adjacent to an activating group) is 1. The number of Topliss-reactive ketones (excluding diaryl/α,β-unsaturated/α-hetero) is 1. The molecule has 2 rings (SSSR count). The second kappa shape index (κ2) is 7.42. The van der Waals surface area contributed by atoms with E-state index in [0.29, 0.717) is 13.1 Å². The van der Waals surface area contributed by atoms with Crippen LogP contribution in [0.4, 0.5) is 0 Å². The van der Waals surface area contributed by atoms with Crippen molar-refractivity contribution in [3.05, 3.63) is 47.2 Å². The molecule has 1 N–H and O–H groups in total. The third kappa shape index (κ3) is 3.45. The molecule has 1 atom stereocenters. The average Bonchev–Trinajstić information content (AvgIpc) is 2.81. The third-order valence-corrected chi connectivity index (χ3v) is 4.35. The van der Waals surface area contributed by atoms with Crippen LogP contribution >= 0.6 is 0 Å². The molecule has 1 amide bonds. The first-order valence-corrected chi connectivity index (χ1v) is 8.03. The second-order valence-corrected chi connectivity index (χ2v) is 5.66. The molecule has 1 aromatic rings. The molecule has 1 aliphatic heterocycles. The van der Waals surface area contributed by atoms with Crippen molar-refractivity contribution in [2.45, 2.75) is 26.8 Å². The van der Waals surface area contributed by atoms with Gasteiger partial charge in [-0.25, -0.2) is 0 Å². The van der Waals surface area contributed by atoms with Crippen molar-refractivity contribution in [3.63, 3.8) is 0 Å². The van der Waals surface area contributed by atoms with Gasteiger partial charge < -0.3 is 14.9 Å². The molecule has 1 aliphatic rings. The summed E-state index contributed by atoms with van der Waals surface area (Å²) in [5.41, 5.74) is 1.04. The number of hydrogen-bond donors (Lipinski definition) is 1. The van der Waals surface area contributed by atoms with Crippen LogP contribution < -0.4 is 0 Å². The maximum Gasteiger partial charge on any atom is 0.290 e. The monoisotopic (exact) mass is 316 g/mol. The van der Waals surface area contributed by atoms with Crippen molar-refractivity contribution in [1.82, 2.24) is 9.80 Å². The Balaban J connectivity index is 2.33. The van der Waals surface area contributed by atoms with Crippen LogP contribution in [0.25, 0.3) is 0 Å². The van der Waals surface area contributed by atoms with E-state index in [-0.39, 0.29) is 11.4 Å². The summed E-state index contributed by atoms with van der Waals surface area (Å²) in [5, 5.41) is 10.2. The number of rotatable bonds is 7. The van der Waals surface area contributed by atoms with Gasteiger partial charge in [-0.15, -0.1) is 0 Å². The SMILES string of the molecule is CCN(CC)CCN1C(=O)C(O)=C(C(C)=O)[C@H]1c1ccccc1. The third-order valence-electron chi connectivity index (χ3n) is 4.35. The van der Waals surface area contributed by atoms with Crippen molar-refractivity contribution in [2.75, 3.05) is 26.2 Å². The highest BCUT2D eigenvalue weighted by Crippen LogP contribution is 2.37. The molecule has 0 unspecified atom stereocenters. The Kier molecular flexibility index (Phi) is 5.55. The Bertz CT molecular complexity index is 606. The van der Waals surface area contributed by atoms with Crippen LogP contribution in [-0.2, 0) is 9.59 Å². The fourth-order valence-electron chi connectivity index (χ4n) is 3.01. The normalized spacial score (nSPS) is 18.2. The van der Waals surface area contributed by atoms with Crippen molar-refractivity contribution < 1.29 is 14.7 Å². The van der Waals surface area contributed by atoms with Gasteiger partial charge >= 0.3 is 0 Å². The van der Waals surface area contributed by atoms with Gasteiger partial charge in [-0.2, -0.15) is 0 Å². The van der Waals surface area contributed by atoms with Crippen LogP contribution in [0.3, 0.4) is 0 Å². The fraction of sp³-hybridized carbons (Fsp3) is 0.444. The summed E-state index contributed by atoms with van der Waals surface area (Å²) in [5.74, 6) is -1.14. The molecule has 1 heterocycles. The van der Waals surface area contributed by atoms with E-state index >= 15 is 0 Å². The summed E-state index contributed by atoms with van der Waals surface area (Å²) >= 11 is 0. The predicted molar refractivity (Wildman–Crippen MR) is 89.0 cm³/mol. The molecular weight excluding hydrogens is 292 g/mol. The first-order chi connectivity index (χ1) is 11.0. The van der Waals surface area contributed by atoms with E-state index in [4.69, 9.17) is 0 Å². The standard InChI is InChI=1S/C18H24N2O3/c1-4-19(5-2)11-12-20-16(14-9-7-6-8-10-14)15(13(3)21)17(22)18(20)23/h6-10,16,22H,4-5,11-12H2,1-3H3/t16-/m1/s1. The minimum Gasteiger partial charge on any atom is -0.503 e. The molecule has 124 valence electrons. The van der Waals surface area contributed by atoms with Gasteiger partial charge in [0.05, 0.1) is 11.6 Å². The number of aliphatic hydroxyl groups excluding tert-OH is 1. The maximum atomic E-state index is 12.4. The van der Waals surface area contributed by atoms with Crippen LogP contribution in [-0.4, -0.2) is 52.8 Å². The largest absolute Gasteiger partial charge is 0.503 e. The van der Waals surface area contributed by atoms with E-state index in [1.807, 2.05) is 30.3 Å². The van der Waals surface area contributed by atoms with Crippen molar-refractivity contribution in [1.29, 1.82) is 0 Å². The van der Waals surface area contributed by atoms with E-state index in [1.54, 1.807) is 4.90 Å². The molecule has 1 aromatic carbocycles. The van der Waals surface area contributed by atoms with E-state index < -0.39 is 17.7 Å². The highest BCUT2D eigenvalue weighted by molar-refractivity contribution is 6.08. The van der Waals surface area contributed by atoms with Gasteiger partial charge in [-0.3, -0.25) is 9.59 Å². The lowest BCUT2D eigenvalue weighted by molar-refractivity contribution is -0.129. The molecule has 0 fully saturated rings. The second-order valence-electron chi connectivity index (χ2n) is 5.66. The predicted octanol–water partition coefficient (Wildman–Crippen LogP) is 2.31. The summed E-state index contributed by atoms with van der Waals surface area (Å²) in [6.45, 7) is 8.51. The minimum absolute atomic E-state index is 0.195. The van der Waals surface area contributed by atoms with Gasteiger partial charge in [0.25, 0.3) is 5.91 Å². The van der Waals surface area contributed by atoms with Gasteiger partial charge in [-0.05, 0) is 25.6 Å². The van der Waals surface area contributed by atoms with Gasteiger partial charge in [0.15, 0.2) is 11.5 Å². The van der Waals surface area contributed by atoms with Crippen molar-refractivity contribution in [2.24, 2.45) is 0 Å². The molecule has 5 nitrogen and oxygen atoms in total. The zero-order valence-electron chi connectivity index (χ0n) is 14.0. The summed E-state index contributed by atoms with van der Waals surface area (Å²) in [6, 6.07) is 8.88. The van der Waals surface area contributed by atoms with E-state index in [2.05, 4.69) is 18.7 Å². The van der Waals surface area contributed by atoms with Crippen LogP contribution in [0.5, 0.6) is 0 Å². The summed E-state index contributed by atoms with van der Waals surface area (Å²) < 4.78 is 0. The Labute approximate surface area is 137 Å². The topological polar surface area (TPSA) is 60.9 Å². The summed E-state index contributed by atoms with van der Waals surface area (Å²) in [7, 11) is 0. The molecule has 0 aromatic heterocycles. The molecule has 5 heteroatoms. The van der Waals surface area contributed by atoms with Crippen LogP contribution in [0.15, 0.2) is 41.7 Å². The Morgan fingerprint density at radius 3 is 2.35 bits per heavy atom. The number of hydrogen-bond acceptors (Lipinski definition) is 4.